The molecule has 3 fully saturated rings. The predicted octanol–water partition coefficient (Wildman–Crippen LogP) is 3.86. The first-order valence-corrected chi connectivity index (χ1v) is 5.53. The van der Waals surface area contributed by atoms with Gasteiger partial charge in [0.25, 0.3) is 0 Å². The largest absolute Gasteiger partial charge is 0.0602 e. The number of hydrogen-bond acceptors (Lipinski definition) is 0. The Morgan fingerprint density at radius 1 is 0.917 bits per heavy atom. The standard InChI is InChI=1S/C12H22/c1-12(2,3)8-11-6-9-4-10(5-9)7-11/h9-11H,4-8H2,1-3H3. The van der Waals surface area contributed by atoms with E-state index in [0.717, 1.165) is 17.8 Å². The summed E-state index contributed by atoms with van der Waals surface area (Å²) in [5.41, 5.74) is 0.564. The maximum Gasteiger partial charge on any atom is -0.0380 e. The molecule has 3 aliphatic carbocycles. The zero-order valence-corrected chi connectivity index (χ0v) is 8.77. The van der Waals surface area contributed by atoms with Crippen LogP contribution in [0.5, 0.6) is 0 Å². The summed E-state index contributed by atoms with van der Waals surface area (Å²) < 4.78 is 0. The fourth-order valence-electron chi connectivity index (χ4n) is 3.33. The lowest BCUT2D eigenvalue weighted by molar-refractivity contribution is 0.0484. The van der Waals surface area contributed by atoms with Crippen molar-refractivity contribution in [3.63, 3.8) is 0 Å². The zero-order valence-electron chi connectivity index (χ0n) is 8.77. The highest BCUT2D eigenvalue weighted by atomic mass is 14.4. The molecule has 0 nitrogen and oxygen atoms in total. The van der Waals surface area contributed by atoms with Crippen molar-refractivity contribution in [2.24, 2.45) is 23.2 Å². The minimum Gasteiger partial charge on any atom is -0.0602 e. The Bertz CT molecular complexity index is 147. The molecule has 0 atom stereocenters. The van der Waals surface area contributed by atoms with Crippen molar-refractivity contribution in [3.8, 4) is 0 Å². The third kappa shape index (κ3) is 1.84. The topological polar surface area (TPSA) is 0 Å². The van der Waals surface area contributed by atoms with Gasteiger partial charge in [-0.25, -0.2) is 0 Å². The minimum atomic E-state index is 0.564. The summed E-state index contributed by atoms with van der Waals surface area (Å²) in [6.07, 6.45) is 7.70. The van der Waals surface area contributed by atoms with E-state index < -0.39 is 0 Å². The highest BCUT2D eigenvalue weighted by Crippen LogP contribution is 2.50. The van der Waals surface area contributed by atoms with Gasteiger partial charge < -0.3 is 0 Å². The van der Waals surface area contributed by atoms with Crippen LogP contribution in [0.4, 0.5) is 0 Å². The molecule has 0 aromatic rings. The minimum absolute atomic E-state index is 0.564. The lowest BCUT2D eigenvalue weighted by Crippen LogP contribution is -2.35. The third-order valence-corrected chi connectivity index (χ3v) is 3.57. The van der Waals surface area contributed by atoms with E-state index in [-0.39, 0.29) is 0 Å². The van der Waals surface area contributed by atoms with E-state index in [9.17, 15) is 0 Å². The second-order valence-electron chi connectivity index (χ2n) is 6.31. The molecule has 3 rings (SSSR count). The van der Waals surface area contributed by atoms with Crippen LogP contribution in [0.15, 0.2) is 0 Å². The molecule has 0 amide bonds. The Morgan fingerprint density at radius 2 is 1.42 bits per heavy atom. The molecule has 3 aliphatic rings. The Balaban J connectivity index is 1.82. The van der Waals surface area contributed by atoms with Crippen molar-refractivity contribution >= 4 is 0 Å². The monoisotopic (exact) mass is 166 g/mol. The van der Waals surface area contributed by atoms with Gasteiger partial charge in [0.1, 0.15) is 0 Å². The Labute approximate surface area is 76.7 Å². The second-order valence-corrected chi connectivity index (χ2v) is 6.31. The summed E-state index contributed by atoms with van der Waals surface area (Å²) in [6.45, 7) is 7.15. The van der Waals surface area contributed by atoms with Crippen LogP contribution in [-0.4, -0.2) is 0 Å². The van der Waals surface area contributed by atoms with Crippen molar-refractivity contribution in [2.45, 2.75) is 52.9 Å². The lowest BCUT2D eigenvalue weighted by Gasteiger charge is -2.46. The number of rotatable bonds is 1. The van der Waals surface area contributed by atoms with Gasteiger partial charge in [0, 0.05) is 0 Å². The van der Waals surface area contributed by atoms with Crippen LogP contribution in [-0.2, 0) is 0 Å². The molecule has 3 saturated carbocycles. The average Bonchev–Trinajstić information content (AvgIpc) is 1.80. The van der Waals surface area contributed by atoms with Gasteiger partial charge in [-0.2, -0.15) is 0 Å². The highest BCUT2D eigenvalue weighted by Gasteiger charge is 2.38. The number of fused-ring (bicyclic) bond motifs is 2. The van der Waals surface area contributed by atoms with Gasteiger partial charge in [-0.1, -0.05) is 20.8 Å². The van der Waals surface area contributed by atoms with E-state index in [1.165, 1.54) is 6.42 Å². The first-order valence-electron chi connectivity index (χ1n) is 5.53. The van der Waals surface area contributed by atoms with Crippen LogP contribution in [0.25, 0.3) is 0 Å². The van der Waals surface area contributed by atoms with Crippen LogP contribution >= 0.6 is 0 Å². The molecule has 0 aliphatic heterocycles. The molecule has 0 aromatic heterocycles. The van der Waals surface area contributed by atoms with Crippen molar-refractivity contribution in [1.82, 2.24) is 0 Å². The highest BCUT2D eigenvalue weighted by molar-refractivity contribution is 4.90. The van der Waals surface area contributed by atoms with E-state index in [0.29, 0.717) is 5.41 Å². The molecule has 0 saturated heterocycles. The molecule has 0 N–H and O–H groups in total. The molecular weight excluding hydrogens is 144 g/mol. The average molecular weight is 166 g/mol. The Kier molecular flexibility index (Phi) is 1.97. The maximum absolute atomic E-state index is 2.38. The summed E-state index contributed by atoms with van der Waals surface area (Å²) in [5, 5.41) is 0. The van der Waals surface area contributed by atoms with Gasteiger partial charge >= 0.3 is 0 Å². The van der Waals surface area contributed by atoms with E-state index in [1.54, 1.807) is 25.7 Å². The van der Waals surface area contributed by atoms with Crippen molar-refractivity contribution in [2.75, 3.05) is 0 Å². The van der Waals surface area contributed by atoms with E-state index in [2.05, 4.69) is 20.8 Å². The van der Waals surface area contributed by atoms with Crippen molar-refractivity contribution in [3.05, 3.63) is 0 Å². The van der Waals surface area contributed by atoms with Crippen LogP contribution in [0.3, 0.4) is 0 Å². The maximum atomic E-state index is 2.38. The SMILES string of the molecule is CC(C)(C)CC1CC2CC(C2)C1. The Morgan fingerprint density at radius 3 is 1.83 bits per heavy atom. The molecule has 2 bridgehead atoms. The van der Waals surface area contributed by atoms with Gasteiger partial charge in [0.05, 0.1) is 0 Å². The lowest BCUT2D eigenvalue weighted by atomic mass is 9.59. The molecule has 0 radical (unpaired) electrons. The van der Waals surface area contributed by atoms with Crippen molar-refractivity contribution < 1.29 is 0 Å². The summed E-state index contributed by atoms with van der Waals surface area (Å²) in [5.74, 6) is 3.34. The quantitative estimate of drug-likeness (QED) is 0.555. The van der Waals surface area contributed by atoms with Gasteiger partial charge in [-0.05, 0) is 55.3 Å². The number of hydrogen-bond donors (Lipinski definition) is 0. The van der Waals surface area contributed by atoms with Gasteiger partial charge in [-0.15, -0.1) is 0 Å². The Hall–Kier alpha value is 0. The molecule has 0 aromatic carbocycles. The van der Waals surface area contributed by atoms with Crippen LogP contribution < -0.4 is 0 Å². The van der Waals surface area contributed by atoms with Crippen LogP contribution in [0.2, 0.25) is 0 Å². The molecule has 0 heteroatoms. The molecular formula is C12H22. The molecule has 12 heavy (non-hydrogen) atoms. The van der Waals surface area contributed by atoms with Crippen LogP contribution in [0, 0.1) is 23.2 Å². The first-order chi connectivity index (χ1) is 5.53. The zero-order chi connectivity index (χ0) is 8.77. The van der Waals surface area contributed by atoms with Crippen molar-refractivity contribution in [1.29, 1.82) is 0 Å². The first kappa shape index (κ1) is 8.59. The second kappa shape index (κ2) is 2.75. The summed E-state index contributed by atoms with van der Waals surface area (Å²) in [6, 6.07) is 0. The molecule has 0 spiro atoms. The normalized spacial score (nSPS) is 40.8. The smallest absolute Gasteiger partial charge is 0.0380 e. The van der Waals surface area contributed by atoms with E-state index in [4.69, 9.17) is 0 Å². The molecule has 0 heterocycles. The summed E-state index contributed by atoms with van der Waals surface area (Å²) in [7, 11) is 0. The van der Waals surface area contributed by atoms with Gasteiger partial charge in [0.2, 0.25) is 0 Å². The summed E-state index contributed by atoms with van der Waals surface area (Å²) in [4.78, 5) is 0. The van der Waals surface area contributed by atoms with E-state index in [1.807, 2.05) is 0 Å². The summed E-state index contributed by atoms with van der Waals surface area (Å²) >= 11 is 0. The fraction of sp³-hybridized carbons (Fsp3) is 1.00. The van der Waals surface area contributed by atoms with Gasteiger partial charge in [-0.3, -0.25) is 0 Å². The molecule has 70 valence electrons. The van der Waals surface area contributed by atoms with Crippen LogP contribution in [0.1, 0.15) is 52.9 Å². The fourth-order valence-corrected chi connectivity index (χ4v) is 3.33. The van der Waals surface area contributed by atoms with Gasteiger partial charge in [0.15, 0.2) is 0 Å². The third-order valence-electron chi connectivity index (χ3n) is 3.57. The van der Waals surface area contributed by atoms with E-state index >= 15 is 0 Å². The predicted molar refractivity (Wildman–Crippen MR) is 53.0 cm³/mol. The molecule has 0 unspecified atom stereocenters.